The Labute approximate surface area is 290 Å². The molecular formula is C47H31NS. The summed E-state index contributed by atoms with van der Waals surface area (Å²) in [6.07, 6.45) is 0. The van der Waals surface area contributed by atoms with Gasteiger partial charge in [-0.2, -0.15) is 0 Å². The van der Waals surface area contributed by atoms with Gasteiger partial charge in [-0.3, -0.25) is 0 Å². The van der Waals surface area contributed by atoms with E-state index in [9.17, 15) is 0 Å². The van der Waals surface area contributed by atoms with Crippen molar-refractivity contribution in [1.29, 1.82) is 0 Å². The molecule has 8 aromatic carbocycles. The molecule has 1 nitrogen and oxygen atoms in total. The highest BCUT2D eigenvalue weighted by atomic mass is 32.2. The summed E-state index contributed by atoms with van der Waals surface area (Å²) >= 11 is 1.88. The molecule has 0 aromatic heterocycles. The molecule has 2 aliphatic rings. The molecule has 0 amide bonds. The molecule has 8 aromatic rings. The maximum atomic E-state index is 3.77. The van der Waals surface area contributed by atoms with E-state index in [1.165, 1.54) is 76.2 Å². The summed E-state index contributed by atoms with van der Waals surface area (Å²) in [4.78, 5) is 2.62. The Hall–Kier alpha value is -5.83. The standard InChI is InChI=1S/C47H31NS/c1-2-11-31(12-3-1)34-14-10-15-35(29-34)32-21-24-36(25-22-32)48-37-26-28-45-43(30-37)47(41-19-8-9-20-44(41)49-45)40-18-7-6-17-39(40)46-38-16-5-4-13-33(38)23-27-42(46)47/h1-30,48H. The van der Waals surface area contributed by atoms with Crippen LogP contribution in [0.4, 0.5) is 11.4 Å². The van der Waals surface area contributed by atoms with Crippen molar-refractivity contribution in [2.45, 2.75) is 15.2 Å². The lowest BCUT2D eigenvalue weighted by atomic mass is 9.67. The van der Waals surface area contributed by atoms with Crippen LogP contribution >= 0.6 is 11.8 Å². The van der Waals surface area contributed by atoms with E-state index in [4.69, 9.17) is 0 Å². The van der Waals surface area contributed by atoms with Gasteiger partial charge in [0, 0.05) is 21.2 Å². The van der Waals surface area contributed by atoms with Crippen molar-refractivity contribution in [2.75, 3.05) is 5.32 Å². The van der Waals surface area contributed by atoms with E-state index >= 15 is 0 Å². The average molecular weight is 642 g/mol. The summed E-state index contributed by atoms with van der Waals surface area (Å²) in [5, 5.41) is 6.35. The van der Waals surface area contributed by atoms with E-state index in [1.54, 1.807) is 0 Å². The van der Waals surface area contributed by atoms with Crippen molar-refractivity contribution in [3.05, 3.63) is 204 Å². The first-order valence-corrected chi connectivity index (χ1v) is 17.7. The Morgan fingerprint density at radius 2 is 1.04 bits per heavy atom. The van der Waals surface area contributed by atoms with E-state index in [-0.39, 0.29) is 0 Å². The average Bonchev–Trinajstić information content (AvgIpc) is 3.47. The van der Waals surface area contributed by atoms with Crippen molar-refractivity contribution in [3.8, 4) is 33.4 Å². The van der Waals surface area contributed by atoms with Crippen LogP contribution in [0.25, 0.3) is 44.2 Å². The van der Waals surface area contributed by atoms with Gasteiger partial charge in [0.25, 0.3) is 0 Å². The van der Waals surface area contributed by atoms with Gasteiger partial charge in [0.15, 0.2) is 0 Å². The molecule has 1 aliphatic carbocycles. The molecular weight excluding hydrogens is 611 g/mol. The lowest BCUT2D eigenvalue weighted by Gasteiger charge is -2.40. The maximum Gasteiger partial charge on any atom is 0.0736 e. The molecule has 2 heteroatoms. The fourth-order valence-corrected chi connectivity index (χ4v) is 9.34. The summed E-state index contributed by atoms with van der Waals surface area (Å²) in [5.41, 5.74) is 14.7. The summed E-state index contributed by atoms with van der Waals surface area (Å²) in [7, 11) is 0. The van der Waals surface area contributed by atoms with Gasteiger partial charge in [-0.1, -0.05) is 151 Å². The Morgan fingerprint density at radius 3 is 1.90 bits per heavy atom. The van der Waals surface area contributed by atoms with Gasteiger partial charge in [-0.05, 0) is 109 Å². The third-order valence-electron chi connectivity index (χ3n) is 10.3. The molecule has 0 saturated heterocycles. The first kappa shape index (κ1) is 28.2. The lowest BCUT2D eigenvalue weighted by Crippen LogP contribution is -2.32. The summed E-state index contributed by atoms with van der Waals surface area (Å²) in [6.45, 7) is 0. The zero-order valence-electron chi connectivity index (χ0n) is 26.7. The van der Waals surface area contributed by atoms with E-state index in [0.717, 1.165) is 11.4 Å². The molecule has 10 rings (SSSR count). The molecule has 0 fully saturated rings. The zero-order valence-corrected chi connectivity index (χ0v) is 27.5. The summed E-state index contributed by atoms with van der Waals surface area (Å²) in [5.74, 6) is 0. The molecule has 49 heavy (non-hydrogen) atoms. The highest BCUT2D eigenvalue weighted by Crippen LogP contribution is 2.63. The Kier molecular flexibility index (Phi) is 6.40. The normalized spacial score (nSPS) is 15.3. The number of hydrogen-bond acceptors (Lipinski definition) is 2. The maximum absolute atomic E-state index is 3.77. The van der Waals surface area contributed by atoms with Crippen LogP contribution in [0.5, 0.6) is 0 Å². The first-order chi connectivity index (χ1) is 24.3. The molecule has 1 N–H and O–H groups in total. The second-order valence-electron chi connectivity index (χ2n) is 13.0. The van der Waals surface area contributed by atoms with Crippen molar-refractivity contribution in [2.24, 2.45) is 0 Å². The Bertz CT molecular complexity index is 2550. The van der Waals surface area contributed by atoms with Crippen molar-refractivity contribution < 1.29 is 0 Å². The SMILES string of the molecule is c1ccc(-c2cccc(-c3ccc(Nc4ccc5c(c4)C4(c6ccccc6S5)c5ccccc5-c5c4ccc4ccccc54)cc3)c2)cc1. The molecule has 1 aliphatic heterocycles. The number of fused-ring (bicyclic) bond motifs is 11. The second-order valence-corrected chi connectivity index (χ2v) is 14.0. The van der Waals surface area contributed by atoms with E-state index in [0.29, 0.717) is 0 Å². The van der Waals surface area contributed by atoms with Crippen LogP contribution in [0.2, 0.25) is 0 Å². The van der Waals surface area contributed by atoms with E-state index in [2.05, 4.69) is 187 Å². The van der Waals surface area contributed by atoms with Gasteiger partial charge in [0.1, 0.15) is 0 Å². The van der Waals surface area contributed by atoms with E-state index in [1.807, 2.05) is 11.8 Å². The predicted octanol–water partition coefficient (Wildman–Crippen LogP) is 12.7. The van der Waals surface area contributed by atoms with Crippen LogP contribution in [-0.4, -0.2) is 0 Å². The van der Waals surface area contributed by atoms with Crippen LogP contribution in [0, 0.1) is 0 Å². The highest BCUT2D eigenvalue weighted by molar-refractivity contribution is 7.99. The molecule has 230 valence electrons. The van der Waals surface area contributed by atoms with Crippen LogP contribution in [0.15, 0.2) is 192 Å². The number of anilines is 2. The van der Waals surface area contributed by atoms with Crippen LogP contribution in [-0.2, 0) is 5.41 Å². The second kappa shape index (κ2) is 11.1. The van der Waals surface area contributed by atoms with Gasteiger partial charge in [-0.25, -0.2) is 0 Å². The number of rotatable bonds is 4. The lowest BCUT2D eigenvalue weighted by molar-refractivity contribution is 0.723. The summed E-state index contributed by atoms with van der Waals surface area (Å²) < 4.78 is 0. The zero-order chi connectivity index (χ0) is 32.4. The van der Waals surface area contributed by atoms with Gasteiger partial charge >= 0.3 is 0 Å². The third-order valence-corrected chi connectivity index (χ3v) is 11.5. The minimum atomic E-state index is -0.418. The van der Waals surface area contributed by atoms with Crippen molar-refractivity contribution in [1.82, 2.24) is 0 Å². The molecule has 0 saturated carbocycles. The highest BCUT2D eigenvalue weighted by Gasteiger charge is 2.50. The third kappa shape index (κ3) is 4.34. The molecule has 0 radical (unpaired) electrons. The Balaban J connectivity index is 1.08. The molecule has 1 spiro atoms. The summed E-state index contributed by atoms with van der Waals surface area (Å²) in [6, 6.07) is 66.7. The van der Waals surface area contributed by atoms with Crippen molar-refractivity contribution in [3.63, 3.8) is 0 Å². The molecule has 1 atom stereocenters. The van der Waals surface area contributed by atoms with Gasteiger partial charge in [0.05, 0.1) is 5.41 Å². The molecule has 1 unspecified atom stereocenters. The fraction of sp³-hybridized carbons (Fsp3) is 0.0213. The van der Waals surface area contributed by atoms with E-state index < -0.39 is 5.41 Å². The largest absolute Gasteiger partial charge is 0.356 e. The van der Waals surface area contributed by atoms with Crippen LogP contribution < -0.4 is 5.32 Å². The van der Waals surface area contributed by atoms with Crippen LogP contribution in [0.3, 0.4) is 0 Å². The minimum Gasteiger partial charge on any atom is -0.356 e. The number of hydrogen-bond donors (Lipinski definition) is 1. The minimum absolute atomic E-state index is 0.418. The topological polar surface area (TPSA) is 12.0 Å². The molecule has 1 heterocycles. The Morgan fingerprint density at radius 1 is 0.388 bits per heavy atom. The predicted molar refractivity (Wildman–Crippen MR) is 206 cm³/mol. The van der Waals surface area contributed by atoms with Crippen molar-refractivity contribution >= 4 is 33.9 Å². The first-order valence-electron chi connectivity index (χ1n) is 16.8. The van der Waals surface area contributed by atoms with Gasteiger partial charge < -0.3 is 5.32 Å². The number of benzene rings is 8. The fourth-order valence-electron chi connectivity index (χ4n) is 8.17. The van der Waals surface area contributed by atoms with Gasteiger partial charge in [0.2, 0.25) is 0 Å². The van der Waals surface area contributed by atoms with Crippen LogP contribution in [0.1, 0.15) is 22.3 Å². The quantitative estimate of drug-likeness (QED) is 0.205. The monoisotopic (exact) mass is 641 g/mol. The number of nitrogens with one attached hydrogen (secondary N) is 1. The molecule has 0 bridgehead atoms. The van der Waals surface area contributed by atoms with Gasteiger partial charge in [-0.15, -0.1) is 0 Å². The smallest absolute Gasteiger partial charge is 0.0736 e.